The van der Waals surface area contributed by atoms with Gasteiger partial charge in [-0.2, -0.15) is 0 Å². The molecule has 8 nitrogen and oxygen atoms in total. The lowest BCUT2D eigenvalue weighted by Crippen LogP contribution is -2.13. The van der Waals surface area contributed by atoms with Crippen molar-refractivity contribution in [3.8, 4) is 77.6 Å². The molecule has 0 atom stereocenters. The molecule has 0 aliphatic heterocycles. The largest absolute Gasteiger partial charge is 0.342 e. The van der Waals surface area contributed by atoms with Crippen molar-refractivity contribution in [2.24, 2.45) is 0 Å². The third-order valence-electron chi connectivity index (χ3n) is 18.4. The number of hydrogen-bond donors (Lipinski definition) is 4. The van der Waals surface area contributed by atoms with Gasteiger partial charge in [0.15, 0.2) is 0 Å². The summed E-state index contributed by atoms with van der Waals surface area (Å²) in [6.07, 6.45) is 6.70. The molecule has 0 unspecified atom stereocenters. The van der Waals surface area contributed by atoms with E-state index < -0.39 is 0 Å². The van der Waals surface area contributed by atoms with E-state index in [0.717, 1.165) is 63.4 Å². The molecule has 0 aliphatic rings. The van der Waals surface area contributed by atoms with E-state index in [1.807, 2.05) is 36.9 Å². The van der Waals surface area contributed by atoms with Crippen LogP contribution in [-0.4, -0.2) is 39.9 Å². The number of nitrogens with one attached hydrogen (secondary N) is 4. The number of rotatable bonds is 9. The highest BCUT2D eigenvalue weighted by molar-refractivity contribution is 7.15. The summed E-state index contributed by atoms with van der Waals surface area (Å²) < 4.78 is 0. The summed E-state index contributed by atoms with van der Waals surface area (Å²) in [6, 6.07) is 72.7. The van der Waals surface area contributed by atoms with Crippen LogP contribution in [0.15, 0.2) is 219 Å². The third kappa shape index (κ3) is 19.4. The molecule has 0 aliphatic carbocycles. The zero-order valence-electron chi connectivity index (χ0n) is 64.2. The van der Waals surface area contributed by atoms with Crippen LogP contribution >= 0.6 is 11.3 Å². The number of benzene rings is 8. The Bertz CT molecular complexity index is 4810. The Morgan fingerprint density at radius 1 is 0.287 bits per heavy atom. The third-order valence-corrected chi connectivity index (χ3v) is 19.9. The summed E-state index contributed by atoms with van der Waals surface area (Å²) in [5, 5.41) is 0. The van der Waals surface area contributed by atoms with Gasteiger partial charge < -0.3 is 19.9 Å². The van der Waals surface area contributed by atoms with Crippen LogP contribution in [0.2, 0.25) is 0 Å². The van der Waals surface area contributed by atoms with Crippen LogP contribution in [0, 0.1) is 6.92 Å². The van der Waals surface area contributed by atoms with E-state index >= 15 is 0 Å². The van der Waals surface area contributed by atoms with Crippen molar-refractivity contribution in [3.63, 3.8) is 0 Å². The highest BCUT2D eigenvalue weighted by Gasteiger charge is 2.23. The Morgan fingerprint density at radius 3 is 0.970 bits per heavy atom. The SMILES string of the molecule is CC(C)(C)c1ccc(-c2ccc(-c3ccc(-c4cnc(C(C)(C)C)[nH]4)cc3)cc2)cc1.CC(C)(C)c1ccc(-c2ccc3nc(C(C)(C)C)[nH]c3c2)cc1.CC(C)(C)c1ccc(Cc2ccc(-c3cnc(C(C)(C)C)[nH]3)cc2)cc1.Cc1ncc(-c2ccc(-c3ccc(C(C)(C)C)s3)cc2)[nH]1. The molecule has 5 heterocycles. The molecule has 0 amide bonds. The summed E-state index contributed by atoms with van der Waals surface area (Å²) in [5.41, 5.74) is 25.2. The number of fused-ring (bicyclic) bond motifs is 1. The van der Waals surface area contributed by atoms with Crippen molar-refractivity contribution in [3.05, 3.63) is 275 Å². The Morgan fingerprint density at radius 2 is 0.614 bits per heavy atom. The van der Waals surface area contributed by atoms with Gasteiger partial charge in [-0.15, -0.1) is 11.3 Å². The Balaban J connectivity index is 0.000000147. The van der Waals surface area contributed by atoms with Gasteiger partial charge in [-0.05, 0) is 143 Å². The zero-order valence-corrected chi connectivity index (χ0v) is 65.0. The van der Waals surface area contributed by atoms with E-state index in [1.54, 1.807) is 0 Å². The van der Waals surface area contributed by atoms with Gasteiger partial charge in [-0.3, -0.25) is 0 Å². The van der Waals surface area contributed by atoms with Gasteiger partial charge >= 0.3 is 0 Å². The first-order valence-electron chi connectivity index (χ1n) is 35.8. The van der Waals surface area contributed by atoms with Crippen LogP contribution in [0.4, 0.5) is 0 Å². The molecule has 8 aromatic carbocycles. The summed E-state index contributed by atoms with van der Waals surface area (Å²) in [7, 11) is 0. The highest BCUT2D eigenvalue weighted by Crippen LogP contribution is 2.37. The van der Waals surface area contributed by atoms with E-state index in [9.17, 15) is 0 Å². The minimum atomic E-state index is 0.0208. The number of nitrogens with zero attached hydrogens (tertiary/aromatic N) is 4. The van der Waals surface area contributed by atoms with Gasteiger partial charge in [0.2, 0.25) is 0 Å². The van der Waals surface area contributed by atoms with Crippen molar-refractivity contribution in [2.45, 2.75) is 197 Å². The number of hydrogen-bond acceptors (Lipinski definition) is 5. The van der Waals surface area contributed by atoms with Crippen LogP contribution in [0.3, 0.4) is 0 Å². The smallest absolute Gasteiger partial charge is 0.112 e. The minimum absolute atomic E-state index is 0.0208. The molecule has 101 heavy (non-hydrogen) atoms. The van der Waals surface area contributed by atoms with Gasteiger partial charge in [0.1, 0.15) is 23.3 Å². The quantitative estimate of drug-likeness (QED) is 0.115. The number of aromatic nitrogens is 8. The number of aromatic amines is 4. The van der Waals surface area contributed by atoms with Crippen LogP contribution in [0.25, 0.3) is 88.6 Å². The van der Waals surface area contributed by atoms with Crippen molar-refractivity contribution in [1.82, 2.24) is 39.9 Å². The molecule has 4 N–H and O–H groups in total. The highest BCUT2D eigenvalue weighted by atomic mass is 32.1. The second-order valence-corrected chi connectivity index (χ2v) is 35.4. The molecule has 0 saturated heterocycles. The maximum atomic E-state index is 4.71. The first-order valence-corrected chi connectivity index (χ1v) is 36.6. The lowest BCUT2D eigenvalue weighted by Gasteiger charge is -2.19. The Hall–Kier alpha value is -9.44. The van der Waals surface area contributed by atoms with Crippen LogP contribution in [0.5, 0.6) is 0 Å². The number of thiophene rings is 1. The average molecular weight is 1360 g/mol. The first kappa shape index (κ1) is 74.3. The van der Waals surface area contributed by atoms with E-state index in [0.29, 0.717) is 0 Å². The normalized spacial score (nSPS) is 12.3. The standard InChI is InChI=1S/C29H32N2.C24H30N2.C21H26N2.C18H20N2S/c1-28(2,3)25-17-15-23(16-18-25)21-9-7-20(8-10-21)22-11-13-24(14-12-22)26-19-30-27(31-26)29(4,5)6;1-23(2,3)20-13-9-18(10-14-20)15-17-7-11-19(12-8-17)21-16-25-22(26-21)24(4,5)6;1-20(2,3)16-10-7-14(8-11-16)15-9-12-17-18(13-15)23-19(22-17)21(4,5)6;1-12-19-11-15(20-12)13-5-7-14(8-6-13)16-9-10-17(21-16)18(2,3)4/h7-19H,1-6H3,(H,30,31);7-14,16H,15H2,1-6H3,(H,25,26);7-13H,1-6H3,(H,22,23);5-11H,1-4H3,(H,19,20). The number of aryl methyl sites for hydroxylation is 1. The second kappa shape index (κ2) is 29.6. The Kier molecular flexibility index (Phi) is 21.8. The molecular formula is C92H108N8S. The van der Waals surface area contributed by atoms with Crippen molar-refractivity contribution >= 4 is 22.4 Å². The molecule has 13 aromatic rings. The fourth-order valence-corrected chi connectivity index (χ4v) is 12.8. The molecule has 0 saturated carbocycles. The molecule has 0 fully saturated rings. The maximum Gasteiger partial charge on any atom is 0.112 e. The summed E-state index contributed by atoms with van der Waals surface area (Å²) in [4.78, 5) is 34.4. The molecule has 522 valence electrons. The molecule has 0 spiro atoms. The lowest BCUT2D eigenvalue weighted by molar-refractivity contribution is 0.552. The van der Waals surface area contributed by atoms with Crippen LogP contribution < -0.4 is 0 Å². The minimum Gasteiger partial charge on any atom is -0.342 e. The zero-order chi connectivity index (χ0) is 73.0. The monoisotopic (exact) mass is 1360 g/mol. The van der Waals surface area contributed by atoms with Crippen molar-refractivity contribution < 1.29 is 0 Å². The van der Waals surface area contributed by atoms with E-state index in [4.69, 9.17) is 4.98 Å². The van der Waals surface area contributed by atoms with Gasteiger partial charge in [-0.1, -0.05) is 321 Å². The van der Waals surface area contributed by atoms with Crippen molar-refractivity contribution in [2.75, 3.05) is 0 Å². The molecule has 0 radical (unpaired) electrons. The molecular weight excluding hydrogens is 1250 g/mol. The molecule has 5 aromatic heterocycles. The van der Waals surface area contributed by atoms with Gasteiger partial charge in [0, 0.05) is 26.0 Å². The van der Waals surface area contributed by atoms with E-state index in [2.05, 4.69) is 380 Å². The number of H-pyrrole nitrogens is 4. The van der Waals surface area contributed by atoms with Crippen LogP contribution in [-0.2, 0) is 44.3 Å². The van der Waals surface area contributed by atoms with Gasteiger partial charge in [-0.25, -0.2) is 19.9 Å². The molecule has 9 heteroatoms. The van der Waals surface area contributed by atoms with Crippen LogP contribution in [0.1, 0.15) is 201 Å². The molecule has 0 bridgehead atoms. The number of imidazole rings is 4. The lowest BCUT2D eigenvalue weighted by atomic mass is 9.86. The predicted molar refractivity (Wildman–Crippen MR) is 433 cm³/mol. The summed E-state index contributed by atoms with van der Waals surface area (Å²) >= 11 is 1.88. The van der Waals surface area contributed by atoms with E-state index in [1.165, 1.54) is 87.6 Å². The summed E-state index contributed by atoms with van der Waals surface area (Å²) in [6.45, 7) is 48.5. The van der Waals surface area contributed by atoms with E-state index in [-0.39, 0.29) is 37.9 Å². The topological polar surface area (TPSA) is 115 Å². The second-order valence-electron chi connectivity index (χ2n) is 34.4. The maximum absolute atomic E-state index is 4.71. The van der Waals surface area contributed by atoms with Crippen molar-refractivity contribution in [1.29, 1.82) is 0 Å². The fourth-order valence-electron chi connectivity index (χ4n) is 11.7. The van der Waals surface area contributed by atoms with Gasteiger partial charge in [0.25, 0.3) is 0 Å². The predicted octanol–water partition coefficient (Wildman–Crippen LogP) is 25.5. The van der Waals surface area contributed by atoms with Gasteiger partial charge in [0.05, 0.1) is 46.7 Å². The average Bonchev–Trinajstić information content (AvgIpc) is 1.73. The fraction of sp³-hybridized carbons (Fsp3) is 0.326. The first-order chi connectivity index (χ1) is 47.3. The molecule has 13 rings (SSSR count). The summed E-state index contributed by atoms with van der Waals surface area (Å²) in [5.74, 6) is 4.02. The Labute approximate surface area is 607 Å².